The fourth-order valence-electron chi connectivity index (χ4n) is 1.69. The maximum Gasteiger partial charge on any atom is 0.432 e. The van der Waals surface area contributed by atoms with Gasteiger partial charge in [-0.1, -0.05) is 12.1 Å². The van der Waals surface area contributed by atoms with Gasteiger partial charge in [0.2, 0.25) is 0 Å². The molecule has 0 amide bonds. The molecule has 0 aliphatic carbocycles. The summed E-state index contributed by atoms with van der Waals surface area (Å²) in [4.78, 5) is -0.00752. The topological polar surface area (TPSA) is 83.0 Å². The monoisotopic (exact) mass is 320 g/mol. The molecule has 0 spiro atoms. The standard InChI is InChI=1S/C12H11F3N2O3S/c13-12(14,15)11-7-10(16-17-11)8-1-3-9(4-2-8)21(19,20)6-5-18/h1-4,7,18H,5-6H2,(H,16,17). The van der Waals surface area contributed by atoms with Crippen LogP contribution < -0.4 is 0 Å². The molecule has 0 saturated heterocycles. The van der Waals surface area contributed by atoms with Gasteiger partial charge >= 0.3 is 6.18 Å². The summed E-state index contributed by atoms with van der Waals surface area (Å²) < 4.78 is 60.7. The Morgan fingerprint density at radius 3 is 2.29 bits per heavy atom. The van der Waals surface area contributed by atoms with Gasteiger partial charge in [-0.05, 0) is 18.2 Å². The van der Waals surface area contributed by atoms with Crippen LogP contribution in [-0.4, -0.2) is 36.1 Å². The Balaban J connectivity index is 2.29. The van der Waals surface area contributed by atoms with Crippen LogP contribution in [0.4, 0.5) is 13.2 Å². The first-order valence-corrected chi connectivity index (χ1v) is 7.46. The Morgan fingerprint density at radius 2 is 1.81 bits per heavy atom. The Kier molecular flexibility index (Phi) is 4.06. The minimum atomic E-state index is -4.52. The first-order valence-electron chi connectivity index (χ1n) is 5.81. The van der Waals surface area contributed by atoms with Crippen molar-refractivity contribution in [2.24, 2.45) is 0 Å². The largest absolute Gasteiger partial charge is 0.432 e. The van der Waals surface area contributed by atoms with Crippen molar-refractivity contribution >= 4 is 9.84 Å². The molecule has 1 aromatic carbocycles. The molecule has 2 aromatic rings. The summed E-state index contributed by atoms with van der Waals surface area (Å²) in [7, 11) is -3.59. The number of H-pyrrole nitrogens is 1. The minimum Gasteiger partial charge on any atom is -0.395 e. The number of alkyl halides is 3. The lowest BCUT2D eigenvalue weighted by Gasteiger charge is -2.03. The molecule has 0 radical (unpaired) electrons. The zero-order valence-corrected chi connectivity index (χ0v) is 11.4. The van der Waals surface area contributed by atoms with Gasteiger partial charge in [-0.25, -0.2) is 8.42 Å². The van der Waals surface area contributed by atoms with Gasteiger partial charge in [0.15, 0.2) is 9.84 Å². The quantitative estimate of drug-likeness (QED) is 0.901. The molecule has 9 heteroatoms. The van der Waals surface area contributed by atoms with Crippen LogP contribution in [0.1, 0.15) is 5.69 Å². The molecule has 21 heavy (non-hydrogen) atoms. The Hall–Kier alpha value is -1.87. The van der Waals surface area contributed by atoms with E-state index in [0.29, 0.717) is 5.56 Å². The summed E-state index contributed by atoms with van der Waals surface area (Å²) in [6.45, 7) is -0.502. The van der Waals surface area contributed by atoms with Crippen LogP contribution in [0.5, 0.6) is 0 Å². The minimum absolute atomic E-state index is 0.00752. The second-order valence-electron chi connectivity index (χ2n) is 4.23. The van der Waals surface area contributed by atoms with Crippen LogP contribution in [0.25, 0.3) is 11.3 Å². The number of nitrogens with one attached hydrogen (secondary N) is 1. The average Bonchev–Trinajstić information content (AvgIpc) is 2.88. The van der Waals surface area contributed by atoms with Crippen LogP contribution in [-0.2, 0) is 16.0 Å². The van der Waals surface area contributed by atoms with Crippen LogP contribution in [0, 0.1) is 0 Å². The highest BCUT2D eigenvalue weighted by Crippen LogP contribution is 2.30. The summed E-state index contributed by atoms with van der Waals surface area (Å²) in [6.07, 6.45) is -4.52. The highest BCUT2D eigenvalue weighted by Gasteiger charge is 2.33. The van der Waals surface area contributed by atoms with Crippen molar-refractivity contribution in [3.8, 4) is 11.3 Å². The SMILES string of the molecule is O=S(=O)(CCO)c1ccc(-c2cc(C(F)(F)F)[nH]n2)cc1. The molecule has 5 nitrogen and oxygen atoms in total. The summed E-state index contributed by atoms with van der Waals surface area (Å²) in [5, 5.41) is 14.1. The first kappa shape index (κ1) is 15.5. The summed E-state index contributed by atoms with van der Waals surface area (Å²) in [5.74, 6) is -0.410. The lowest BCUT2D eigenvalue weighted by molar-refractivity contribution is -0.141. The lowest BCUT2D eigenvalue weighted by atomic mass is 10.1. The number of rotatable bonds is 4. The van der Waals surface area contributed by atoms with E-state index in [1.807, 2.05) is 5.10 Å². The molecule has 0 aliphatic rings. The number of aromatic amines is 1. The number of aromatic nitrogens is 2. The molecule has 0 atom stereocenters. The van der Waals surface area contributed by atoms with E-state index in [-0.39, 0.29) is 10.6 Å². The van der Waals surface area contributed by atoms with Crippen LogP contribution in [0.15, 0.2) is 35.2 Å². The number of halogens is 3. The third-order valence-corrected chi connectivity index (χ3v) is 4.46. The molecular weight excluding hydrogens is 309 g/mol. The maximum absolute atomic E-state index is 12.4. The predicted molar refractivity (Wildman–Crippen MR) is 68.2 cm³/mol. The Labute approximate surface area is 118 Å². The van der Waals surface area contributed by atoms with E-state index in [1.165, 1.54) is 24.3 Å². The number of sulfone groups is 1. The average molecular weight is 320 g/mol. The predicted octanol–water partition coefficient (Wildman–Crippen LogP) is 1.86. The van der Waals surface area contributed by atoms with Crippen molar-refractivity contribution in [1.82, 2.24) is 10.2 Å². The lowest BCUT2D eigenvalue weighted by Crippen LogP contribution is -2.09. The molecule has 0 saturated carbocycles. The summed E-state index contributed by atoms with van der Waals surface area (Å²) in [5.41, 5.74) is -0.562. The van der Waals surface area contributed by atoms with E-state index in [1.54, 1.807) is 0 Å². The maximum atomic E-state index is 12.4. The fourth-order valence-corrected chi connectivity index (χ4v) is 2.71. The highest BCUT2D eigenvalue weighted by atomic mass is 32.2. The van der Waals surface area contributed by atoms with Gasteiger partial charge in [0.1, 0.15) is 5.69 Å². The molecular formula is C12H11F3N2O3S. The van der Waals surface area contributed by atoms with Crippen molar-refractivity contribution in [1.29, 1.82) is 0 Å². The zero-order valence-electron chi connectivity index (χ0n) is 10.6. The van der Waals surface area contributed by atoms with E-state index in [0.717, 1.165) is 6.07 Å². The molecule has 1 heterocycles. The van der Waals surface area contributed by atoms with Crippen molar-refractivity contribution in [3.05, 3.63) is 36.0 Å². The third kappa shape index (κ3) is 3.42. The van der Waals surface area contributed by atoms with Gasteiger partial charge in [-0.15, -0.1) is 0 Å². The summed E-state index contributed by atoms with van der Waals surface area (Å²) >= 11 is 0. The van der Waals surface area contributed by atoms with Crippen molar-refractivity contribution in [2.75, 3.05) is 12.4 Å². The first-order chi connectivity index (χ1) is 9.74. The molecule has 114 valence electrons. The van der Waals surface area contributed by atoms with Gasteiger partial charge in [0.25, 0.3) is 0 Å². The number of benzene rings is 1. The van der Waals surface area contributed by atoms with E-state index in [9.17, 15) is 21.6 Å². The Morgan fingerprint density at radius 1 is 1.19 bits per heavy atom. The van der Waals surface area contributed by atoms with Crippen LogP contribution >= 0.6 is 0 Å². The number of nitrogens with zero attached hydrogens (tertiary/aromatic N) is 1. The molecule has 0 bridgehead atoms. The second-order valence-corrected chi connectivity index (χ2v) is 6.34. The van der Waals surface area contributed by atoms with Crippen molar-refractivity contribution < 1.29 is 26.7 Å². The molecule has 2 N–H and O–H groups in total. The number of hydrogen-bond acceptors (Lipinski definition) is 4. The third-order valence-electron chi connectivity index (χ3n) is 2.75. The van der Waals surface area contributed by atoms with Gasteiger partial charge in [-0.3, -0.25) is 5.10 Å². The van der Waals surface area contributed by atoms with Gasteiger partial charge in [-0.2, -0.15) is 18.3 Å². The second kappa shape index (κ2) is 5.49. The Bertz CT molecular complexity index is 721. The molecule has 0 fully saturated rings. The molecule has 1 aromatic heterocycles. The van der Waals surface area contributed by atoms with Crippen LogP contribution in [0.2, 0.25) is 0 Å². The molecule has 0 unspecified atom stereocenters. The zero-order chi connectivity index (χ0) is 15.7. The smallest absolute Gasteiger partial charge is 0.395 e. The van der Waals surface area contributed by atoms with Crippen LogP contribution in [0.3, 0.4) is 0 Å². The highest BCUT2D eigenvalue weighted by molar-refractivity contribution is 7.91. The number of aliphatic hydroxyl groups is 1. The van der Waals surface area contributed by atoms with Gasteiger partial charge in [0.05, 0.1) is 22.9 Å². The van der Waals surface area contributed by atoms with E-state index in [2.05, 4.69) is 5.10 Å². The van der Waals surface area contributed by atoms with Crippen molar-refractivity contribution in [3.63, 3.8) is 0 Å². The fraction of sp³-hybridized carbons (Fsp3) is 0.250. The number of hydrogen-bond donors (Lipinski definition) is 2. The normalized spacial score (nSPS) is 12.6. The van der Waals surface area contributed by atoms with E-state index in [4.69, 9.17) is 5.11 Å². The van der Waals surface area contributed by atoms with E-state index < -0.39 is 34.1 Å². The van der Waals surface area contributed by atoms with Gasteiger partial charge < -0.3 is 5.11 Å². The summed E-state index contributed by atoms with van der Waals surface area (Å²) in [6, 6.07) is 6.10. The van der Waals surface area contributed by atoms with Gasteiger partial charge in [0, 0.05) is 5.56 Å². The molecule has 0 aliphatic heterocycles. The van der Waals surface area contributed by atoms with E-state index >= 15 is 0 Å². The van der Waals surface area contributed by atoms with Crippen molar-refractivity contribution in [2.45, 2.75) is 11.1 Å². The number of aliphatic hydroxyl groups excluding tert-OH is 1. The molecule has 2 rings (SSSR count).